The Labute approximate surface area is 91.5 Å². The molecule has 0 saturated heterocycles. The number of nitrogens with zero attached hydrogens (tertiary/aromatic N) is 1. The summed E-state index contributed by atoms with van der Waals surface area (Å²) in [6.07, 6.45) is 3.67. The van der Waals surface area contributed by atoms with Crippen molar-refractivity contribution in [3.63, 3.8) is 0 Å². The van der Waals surface area contributed by atoms with Gasteiger partial charge in [0.1, 0.15) is 5.75 Å². The molecule has 0 amide bonds. The van der Waals surface area contributed by atoms with E-state index in [1.165, 1.54) is 19.3 Å². The first-order valence-electron chi connectivity index (χ1n) is 5.60. The average molecular weight is 208 g/mol. The Kier molecular flexibility index (Phi) is 5.12. The summed E-state index contributed by atoms with van der Waals surface area (Å²) in [6.45, 7) is 5.76. The van der Waals surface area contributed by atoms with Gasteiger partial charge in [0.05, 0.1) is 5.69 Å². The fourth-order valence-electron chi connectivity index (χ4n) is 1.44. The van der Waals surface area contributed by atoms with E-state index in [0.29, 0.717) is 6.54 Å². The van der Waals surface area contributed by atoms with E-state index in [1.54, 1.807) is 6.07 Å². The summed E-state index contributed by atoms with van der Waals surface area (Å²) in [4.78, 5) is 4.28. The number of pyridine rings is 1. The SMILES string of the molecule is CCCCCNCc1nc(C)ccc1O. The second-order valence-electron chi connectivity index (χ2n) is 3.80. The summed E-state index contributed by atoms with van der Waals surface area (Å²) in [5.74, 6) is 0.281. The lowest BCUT2D eigenvalue weighted by molar-refractivity contribution is 0.458. The number of hydrogen-bond donors (Lipinski definition) is 2. The van der Waals surface area contributed by atoms with Gasteiger partial charge in [-0.05, 0) is 32.0 Å². The molecule has 84 valence electrons. The molecule has 0 fully saturated rings. The number of unbranched alkanes of at least 4 members (excludes halogenated alkanes) is 2. The largest absolute Gasteiger partial charge is 0.506 e. The summed E-state index contributed by atoms with van der Waals surface area (Å²) in [5.41, 5.74) is 1.68. The molecule has 0 aliphatic carbocycles. The number of aromatic hydroxyl groups is 1. The van der Waals surface area contributed by atoms with Gasteiger partial charge < -0.3 is 10.4 Å². The lowest BCUT2D eigenvalue weighted by atomic mass is 10.2. The van der Waals surface area contributed by atoms with E-state index in [1.807, 2.05) is 13.0 Å². The fourth-order valence-corrected chi connectivity index (χ4v) is 1.44. The standard InChI is InChI=1S/C12H20N2O/c1-3-4-5-8-13-9-11-12(15)7-6-10(2)14-11/h6-7,13,15H,3-5,8-9H2,1-2H3. The van der Waals surface area contributed by atoms with E-state index in [2.05, 4.69) is 17.2 Å². The molecular weight excluding hydrogens is 188 g/mol. The maximum Gasteiger partial charge on any atom is 0.138 e. The molecule has 2 N–H and O–H groups in total. The highest BCUT2D eigenvalue weighted by molar-refractivity contribution is 5.27. The molecule has 0 aliphatic rings. The highest BCUT2D eigenvalue weighted by Crippen LogP contribution is 2.13. The molecule has 3 nitrogen and oxygen atoms in total. The molecule has 0 unspecified atom stereocenters. The van der Waals surface area contributed by atoms with Crippen LogP contribution in [0.4, 0.5) is 0 Å². The Hall–Kier alpha value is -1.09. The monoisotopic (exact) mass is 208 g/mol. The Morgan fingerprint density at radius 2 is 2.13 bits per heavy atom. The molecule has 15 heavy (non-hydrogen) atoms. The van der Waals surface area contributed by atoms with Crippen LogP contribution in [-0.4, -0.2) is 16.6 Å². The van der Waals surface area contributed by atoms with Gasteiger partial charge in [-0.25, -0.2) is 0 Å². The smallest absolute Gasteiger partial charge is 0.138 e. The van der Waals surface area contributed by atoms with Gasteiger partial charge in [-0.3, -0.25) is 4.98 Å². The van der Waals surface area contributed by atoms with E-state index in [-0.39, 0.29) is 5.75 Å². The first-order chi connectivity index (χ1) is 7.24. The van der Waals surface area contributed by atoms with Crippen LogP contribution in [0.3, 0.4) is 0 Å². The molecule has 0 spiro atoms. The minimum atomic E-state index is 0.281. The number of aryl methyl sites for hydroxylation is 1. The molecule has 1 rings (SSSR count). The summed E-state index contributed by atoms with van der Waals surface area (Å²) in [7, 11) is 0. The Balaban J connectivity index is 2.33. The van der Waals surface area contributed by atoms with Crippen molar-refractivity contribution in [1.29, 1.82) is 0 Å². The Morgan fingerprint density at radius 1 is 1.33 bits per heavy atom. The summed E-state index contributed by atoms with van der Waals surface area (Å²) in [5, 5.41) is 12.8. The zero-order chi connectivity index (χ0) is 11.1. The Morgan fingerprint density at radius 3 is 2.87 bits per heavy atom. The zero-order valence-corrected chi connectivity index (χ0v) is 9.58. The van der Waals surface area contributed by atoms with E-state index >= 15 is 0 Å². The van der Waals surface area contributed by atoms with Crippen molar-refractivity contribution in [1.82, 2.24) is 10.3 Å². The molecule has 1 aromatic rings. The van der Waals surface area contributed by atoms with Crippen LogP contribution in [0, 0.1) is 6.92 Å². The Bertz CT molecular complexity index is 300. The first kappa shape index (κ1) is 12.0. The van der Waals surface area contributed by atoms with Crippen molar-refractivity contribution in [2.24, 2.45) is 0 Å². The van der Waals surface area contributed by atoms with Gasteiger partial charge in [0.25, 0.3) is 0 Å². The lowest BCUT2D eigenvalue weighted by Crippen LogP contribution is -2.15. The number of rotatable bonds is 6. The maximum absolute atomic E-state index is 9.54. The average Bonchev–Trinajstić information content (AvgIpc) is 2.23. The van der Waals surface area contributed by atoms with Gasteiger partial charge in [0.15, 0.2) is 0 Å². The van der Waals surface area contributed by atoms with Gasteiger partial charge in [0.2, 0.25) is 0 Å². The molecule has 0 saturated carbocycles. The van der Waals surface area contributed by atoms with Crippen LogP contribution in [0.25, 0.3) is 0 Å². The third-order valence-corrected chi connectivity index (χ3v) is 2.34. The van der Waals surface area contributed by atoms with Crippen molar-refractivity contribution in [3.8, 4) is 5.75 Å². The maximum atomic E-state index is 9.54. The normalized spacial score (nSPS) is 10.5. The van der Waals surface area contributed by atoms with Crippen molar-refractivity contribution in [2.75, 3.05) is 6.54 Å². The van der Waals surface area contributed by atoms with Crippen molar-refractivity contribution >= 4 is 0 Å². The van der Waals surface area contributed by atoms with E-state index < -0.39 is 0 Å². The van der Waals surface area contributed by atoms with Crippen LogP contribution < -0.4 is 5.32 Å². The van der Waals surface area contributed by atoms with Gasteiger partial charge in [-0.15, -0.1) is 0 Å². The third kappa shape index (κ3) is 4.30. The molecular formula is C12H20N2O. The van der Waals surface area contributed by atoms with Crippen molar-refractivity contribution < 1.29 is 5.11 Å². The molecule has 0 atom stereocenters. The highest BCUT2D eigenvalue weighted by Gasteiger charge is 2.01. The summed E-state index contributed by atoms with van der Waals surface area (Å²) in [6, 6.07) is 3.52. The lowest BCUT2D eigenvalue weighted by Gasteiger charge is -2.06. The van der Waals surface area contributed by atoms with Crippen LogP contribution >= 0.6 is 0 Å². The van der Waals surface area contributed by atoms with Gasteiger partial charge in [-0.1, -0.05) is 19.8 Å². The van der Waals surface area contributed by atoms with Gasteiger partial charge >= 0.3 is 0 Å². The fraction of sp³-hybridized carbons (Fsp3) is 0.583. The number of nitrogens with one attached hydrogen (secondary N) is 1. The van der Waals surface area contributed by atoms with Crippen LogP contribution in [0.1, 0.15) is 37.6 Å². The van der Waals surface area contributed by atoms with Crippen LogP contribution in [-0.2, 0) is 6.54 Å². The minimum absolute atomic E-state index is 0.281. The number of aromatic nitrogens is 1. The van der Waals surface area contributed by atoms with Crippen LogP contribution in [0.5, 0.6) is 5.75 Å². The first-order valence-corrected chi connectivity index (χ1v) is 5.60. The molecule has 1 heterocycles. The molecule has 0 bridgehead atoms. The third-order valence-electron chi connectivity index (χ3n) is 2.34. The highest BCUT2D eigenvalue weighted by atomic mass is 16.3. The second-order valence-corrected chi connectivity index (χ2v) is 3.80. The minimum Gasteiger partial charge on any atom is -0.506 e. The van der Waals surface area contributed by atoms with Crippen LogP contribution in [0.2, 0.25) is 0 Å². The van der Waals surface area contributed by atoms with Gasteiger partial charge in [-0.2, -0.15) is 0 Å². The molecule has 0 radical (unpaired) electrons. The zero-order valence-electron chi connectivity index (χ0n) is 9.58. The predicted octanol–water partition coefficient (Wildman–Crippen LogP) is 2.38. The van der Waals surface area contributed by atoms with E-state index in [4.69, 9.17) is 0 Å². The summed E-state index contributed by atoms with van der Waals surface area (Å²) < 4.78 is 0. The topological polar surface area (TPSA) is 45.2 Å². The van der Waals surface area contributed by atoms with Crippen molar-refractivity contribution in [2.45, 2.75) is 39.7 Å². The molecule has 0 aromatic carbocycles. The second kappa shape index (κ2) is 6.40. The molecule has 0 aliphatic heterocycles. The van der Waals surface area contributed by atoms with Crippen molar-refractivity contribution in [3.05, 3.63) is 23.5 Å². The van der Waals surface area contributed by atoms with E-state index in [9.17, 15) is 5.11 Å². The quantitative estimate of drug-likeness (QED) is 0.705. The van der Waals surface area contributed by atoms with Gasteiger partial charge in [0, 0.05) is 12.2 Å². The van der Waals surface area contributed by atoms with Crippen LogP contribution in [0.15, 0.2) is 12.1 Å². The molecule has 1 aromatic heterocycles. The number of hydrogen-bond acceptors (Lipinski definition) is 3. The predicted molar refractivity (Wildman–Crippen MR) is 61.9 cm³/mol. The van der Waals surface area contributed by atoms with E-state index in [0.717, 1.165) is 17.9 Å². The summed E-state index contributed by atoms with van der Waals surface area (Å²) >= 11 is 0. The molecule has 3 heteroatoms.